The molecule has 2 aromatic rings. The molecule has 4 nitrogen and oxygen atoms in total. The Labute approximate surface area is 119 Å². The maximum atomic E-state index is 12.4. The lowest BCUT2D eigenvalue weighted by atomic mass is 10.2. The van der Waals surface area contributed by atoms with Crippen LogP contribution in [0.4, 0.5) is 14.5 Å². The summed E-state index contributed by atoms with van der Waals surface area (Å²) in [7, 11) is 1.51. The quantitative estimate of drug-likeness (QED) is 0.884. The van der Waals surface area contributed by atoms with E-state index in [1.807, 2.05) is 6.92 Å². The second-order valence-corrected chi connectivity index (χ2v) is 4.89. The molecule has 0 amide bonds. The molecule has 0 spiro atoms. The van der Waals surface area contributed by atoms with Crippen LogP contribution < -0.4 is 14.8 Å². The van der Waals surface area contributed by atoms with Crippen LogP contribution in [0.2, 0.25) is 0 Å². The van der Waals surface area contributed by atoms with Gasteiger partial charge in [-0.2, -0.15) is 8.78 Å². The van der Waals surface area contributed by atoms with E-state index in [1.165, 1.54) is 24.5 Å². The Bertz CT molecular complexity index is 575. The van der Waals surface area contributed by atoms with Crippen molar-refractivity contribution in [2.75, 3.05) is 12.4 Å². The standard InChI is InChI=1S/C13H14F2N2O2S/c1-8-12(20-7-17-8)6-16-10-5-9(18-2)3-4-11(10)19-13(14)15/h3-5,7,13,16H,6H2,1-2H3. The largest absolute Gasteiger partial charge is 0.497 e. The first-order valence-corrected chi connectivity index (χ1v) is 6.74. The molecule has 1 N–H and O–H groups in total. The van der Waals surface area contributed by atoms with Crippen LogP contribution >= 0.6 is 11.3 Å². The summed E-state index contributed by atoms with van der Waals surface area (Å²) in [5.74, 6) is 0.651. The van der Waals surface area contributed by atoms with E-state index in [0.717, 1.165) is 10.6 Å². The molecule has 0 unspecified atom stereocenters. The minimum absolute atomic E-state index is 0.0861. The van der Waals surface area contributed by atoms with Gasteiger partial charge in [-0.15, -0.1) is 11.3 Å². The maximum Gasteiger partial charge on any atom is 0.387 e. The SMILES string of the molecule is COc1ccc(OC(F)F)c(NCc2scnc2C)c1. The molecular weight excluding hydrogens is 286 g/mol. The van der Waals surface area contributed by atoms with Crippen molar-refractivity contribution in [2.45, 2.75) is 20.1 Å². The monoisotopic (exact) mass is 300 g/mol. The fraction of sp³-hybridized carbons (Fsp3) is 0.308. The van der Waals surface area contributed by atoms with E-state index in [9.17, 15) is 8.78 Å². The number of halogens is 2. The Hall–Kier alpha value is -1.89. The number of alkyl halides is 2. The number of nitrogens with zero attached hydrogens (tertiary/aromatic N) is 1. The lowest BCUT2D eigenvalue weighted by molar-refractivity contribution is -0.0494. The third-order valence-electron chi connectivity index (χ3n) is 2.69. The molecule has 0 saturated heterocycles. The number of benzene rings is 1. The van der Waals surface area contributed by atoms with Gasteiger partial charge in [0.2, 0.25) is 0 Å². The van der Waals surface area contributed by atoms with E-state index in [-0.39, 0.29) is 5.75 Å². The van der Waals surface area contributed by atoms with Crippen molar-refractivity contribution in [1.29, 1.82) is 0 Å². The first kappa shape index (κ1) is 14.5. The predicted molar refractivity (Wildman–Crippen MR) is 73.8 cm³/mol. The van der Waals surface area contributed by atoms with E-state index >= 15 is 0 Å². The van der Waals surface area contributed by atoms with Crippen LogP contribution in [0.3, 0.4) is 0 Å². The zero-order chi connectivity index (χ0) is 14.5. The summed E-state index contributed by atoms with van der Waals surface area (Å²) in [5, 5.41) is 3.07. The molecule has 0 aliphatic rings. The van der Waals surface area contributed by atoms with E-state index in [0.29, 0.717) is 18.0 Å². The normalized spacial score (nSPS) is 10.7. The number of anilines is 1. The lowest BCUT2D eigenvalue weighted by Crippen LogP contribution is -2.06. The molecule has 0 bridgehead atoms. The van der Waals surface area contributed by atoms with Crippen molar-refractivity contribution in [3.8, 4) is 11.5 Å². The Morgan fingerprint density at radius 1 is 1.40 bits per heavy atom. The summed E-state index contributed by atoms with van der Waals surface area (Å²) in [6.45, 7) is -0.479. The molecule has 7 heteroatoms. The molecule has 0 saturated carbocycles. The van der Waals surface area contributed by atoms with Gasteiger partial charge in [-0.25, -0.2) is 4.98 Å². The van der Waals surface area contributed by atoms with Gasteiger partial charge in [0.05, 0.1) is 30.5 Å². The topological polar surface area (TPSA) is 43.4 Å². The van der Waals surface area contributed by atoms with Gasteiger partial charge in [-0.05, 0) is 19.1 Å². The maximum absolute atomic E-state index is 12.4. The zero-order valence-electron chi connectivity index (χ0n) is 11.0. The van der Waals surface area contributed by atoms with Gasteiger partial charge < -0.3 is 14.8 Å². The Kier molecular flexibility index (Phi) is 4.73. The van der Waals surface area contributed by atoms with Crippen LogP contribution in [0, 0.1) is 6.92 Å². The fourth-order valence-corrected chi connectivity index (χ4v) is 2.36. The molecule has 0 fully saturated rings. The number of hydrogen-bond acceptors (Lipinski definition) is 5. The van der Waals surface area contributed by atoms with Crippen LogP contribution in [0.5, 0.6) is 11.5 Å². The minimum atomic E-state index is -2.87. The second kappa shape index (κ2) is 6.51. The van der Waals surface area contributed by atoms with Gasteiger partial charge in [0.25, 0.3) is 0 Å². The highest BCUT2D eigenvalue weighted by atomic mass is 32.1. The summed E-state index contributed by atoms with van der Waals surface area (Å²) in [5.41, 5.74) is 3.12. The highest BCUT2D eigenvalue weighted by molar-refractivity contribution is 7.09. The number of aromatic nitrogens is 1. The molecule has 108 valence electrons. The smallest absolute Gasteiger partial charge is 0.387 e. The van der Waals surface area contributed by atoms with Crippen LogP contribution in [0.1, 0.15) is 10.6 Å². The second-order valence-electron chi connectivity index (χ2n) is 3.96. The van der Waals surface area contributed by atoms with Gasteiger partial charge in [0.15, 0.2) is 0 Å². The number of hydrogen-bond donors (Lipinski definition) is 1. The average Bonchev–Trinajstić information content (AvgIpc) is 2.82. The molecule has 0 radical (unpaired) electrons. The van der Waals surface area contributed by atoms with Crippen molar-refractivity contribution in [3.63, 3.8) is 0 Å². The van der Waals surface area contributed by atoms with Gasteiger partial charge in [0.1, 0.15) is 11.5 Å². The van der Waals surface area contributed by atoms with Crippen molar-refractivity contribution >= 4 is 17.0 Å². The summed E-state index contributed by atoms with van der Waals surface area (Å²) in [6.07, 6.45) is 0. The molecule has 0 aliphatic heterocycles. The van der Waals surface area contributed by atoms with Crippen molar-refractivity contribution < 1.29 is 18.3 Å². The highest BCUT2D eigenvalue weighted by Gasteiger charge is 2.11. The summed E-state index contributed by atoms with van der Waals surface area (Å²) in [4.78, 5) is 5.17. The van der Waals surface area contributed by atoms with Crippen LogP contribution in [-0.4, -0.2) is 18.7 Å². The van der Waals surface area contributed by atoms with E-state index < -0.39 is 6.61 Å². The van der Waals surface area contributed by atoms with Crippen LogP contribution in [0.25, 0.3) is 0 Å². The first-order chi connectivity index (χ1) is 9.60. The van der Waals surface area contributed by atoms with Gasteiger partial charge in [-0.3, -0.25) is 0 Å². The average molecular weight is 300 g/mol. The Morgan fingerprint density at radius 3 is 2.80 bits per heavy atom. The number of rotatable bonds is 6. The van der Waals surface area contributed by atoms with Crippen LogP contribution in [-0.2, 0) is 6.54 Å². The Balaban J connectivity index is 2.17. The van der Waals surface area contributed by atoms with Gasteiger partial charge in [0, 0.05) is 10.9 Å². The summed E-state index contributed by atoms with van der Waals surface area (Å²) < 4.78 is 34.3. The number of thiazole rings is 1. The molecular formula is C13H14F2N2O2S. The van der Waals surface area contributed by atoms with E-state index in [1.54, 1.807) is 17.6 Å². The molecule has 1 heterocycles. The molecule has 2 rings (SSSR count). The molecule has 1 aromatic heterocycles. The molecule has 1 aromatic carbocycles. The third kappa shape index (κ3) is 3.57. The third-order valence-corrected chi connectivity index (χ3v) is 3.62. The van der Waals surface area contributed by atoms with E-state index in [2.05, 4.69) is 15.0 Å². The number of nitrogens with one attached hydrogen (secondary N) is 1. The predicted octanol–water partition coefficient (Wildman–Crippen LogP) is 3.67. The van der Waals surface area contributed by atoms with Crippen LogP contribution in [0.15, 0.2) is 23.7 Å². The lowest BCUT2D eigenvalue weighted by Gasteiger charge is -2.13. The van der Waals surface area contributed by atoms with Crippen molar-refractivity contribution in [2.24, 2.45) is 0 Å². The summed E-state index contributed by atoms with van der Waals surface area (Å²) >= 11 is 1.50. The minimum Gasteiger partial charge on any atom is -0.497 e. The van der Waals surface area contributed by atoms with Crippen molar-refractivity contribution in [3.05, 3.63) is 34.3 Å². The molecule has 20 heavy (non-hydrogen) atoms. The highest BCUT2D eigenvalue weighted by Crippen LogP contribution is 2.31. The zero-order valence-corrected chi connectivity index (χ0v) is 11.8. The van der Waals surface area contributed by atoms with Gasteiger partial charge in [-0.1, -0.05) is 0 Å². The fourth-order valence-electron chi connectivity index (χ4n) is 1.64. The van der Waals surface area contributed by atoms with E-state index in [4.69, 9.17) is 4.74 Å². The number of ether oxygens (including phenoxy) is 2. The summed E-state index contributed by atoms with van der Waals surface area (Å²) in [6, 6.07) is 4.64. The number of methoxy groups -OCH3 is 1. The Morgan fingerprint density at radius 2 is 2.20 bits per heavy atom. The first-order valence-electron chi connectivity index (χ1n) is 5.86. The van der Waals surface area contributed by atoms with Crippen molar-refractivity contribution in [1.82, 2.24) is 4.98 Å². The number of aryl methyl sites for hydroxylation is 1. The van der Waals surface area contributed by atoms with Gasteiger partial charge >= 0.3 is 6.61 Å². The molecule has 0 aliphatic carbocycles. The molecule has 0 atom stereocenters.